The SMILES string of the molecule is CCCOc1cc(NCCCN(C)C)nc(CC(C)C)n1. The van der Waals surface area contributed by atoms with Crippen LogP contribution in [0, 0.1) is 5.92 Å². The van der Waals surface area contributed by atoms with Gasteiger partial charge in [-0.3, -0.25) is 0 Å². The number of hydrogen-bond acceptors (Lipinski definition) is 5. The van der Waals surface area contributed by atoms with Gasteiger partial charge < -0.3 is 15.0 Å². The highest BCUT2D eigenvalue weighted by Gasteiger charge is 2.07. The molecule has 1 N–H and O–H groups in total. The first-order chi connectivity index (χ1) is 10.0. The molecule has 0 unspecified atom stereocenters. The molecule has 0 aromatic carbocycles. The van der Waals surface area contributed by atoms with Crippen LogP contribution in [0.2, 0.25) is 0 Å². The van der Waals surface area contributed by atoms with Crippen molar-refractivity contribution in [3.05, 3.63) is 11.9 Å². The van der Waals surface area contributed by atoms with Crippen LogP contribution in [-0.2, 0) is 6.42 Å². The Balaban J connectivity index is 2.66. The molecule has 1 aromatic heterocycles. The maximum Gasteiger partial charge on any atom is 0.218 e. The summed E-state index contributed by atoms with van der Waals surface area (Å²) in [5.41, 5.74) is 0. The summed E-state index contributed by atoms with van der Waals surface area (Å²) in [5.74, 6) is 2.94. The molecule has 5 heteroatoms. The lowest BCUT2D eigenvalue weighted by atomic mass is 10.1. The molecule has 21 heavy (non-hydrogen) atoms. The monoisotopic (exact) mass is 294 g/mol. The molecule has 0 aliphatic carbocycles. The number of hydrogen-bond donors (Lipinski definition) is 1. The second-order valence-electron chi connectivity index (χ2n) is 6.04. The number of ether oxygens (including phenoxy) is 1. The summed E-state index contributed by atoms with van der Waals surface area (Å²) in [7, 11) is 4.17. The zero-order valence-corrected chi connectivity index (χ0v) is 14.1. The van der Waals surface area contributed by atoms with Crippen LogP contribution in [0.15, 0.2) is 6.07 Å². The van der Waals surface area contributed by atoms with Gasteiger partial charge in [0.2, 0.25) is 5.88 Å². The van der Waals surface area contributed by atoms with E-state index >= 15 is 0 Å². The fourth-order valence-corrected chi connectivity index (χ4v) is 1.91. The summed E-state index contributed by atoms with van der Waals surface area (Å²) in [6, 6.07) is 1.90. The van der Waals surface area contributed by atoms with E-state index in [-0.39, 0.29) is 0 Å². The fourth-order valence-electron chi connectivity index (χ4n) is 1.91. The topological polar surface area (TPSA) is 50.3 Å². The molecular weight excluding hydrogens is 264 g/mol. The molecule has 1 heterocycles. The molecule has 0 saturated carbocycles. The smallest absolute Gasteiger partial charge is 0.218 e. The van der Waals surface area contributed by atoms with Crippen LogP contribution in [0.25, 0.3) is 0 Å². The largest absolute Gasteiger partial charge is 0.478 e. The third kappa shape index (κ3) is 7.85. The van der Waals surface area contributed by atoms with E-state index < -0.39 is 0 Å². The van der Waals surface area contributed by atoms with Crippen LogP contribution in [0.4, 0.5) is 5.82 Å². The van der Waals surface area contributed by atoms with Crippen LogP contribution < -0.4 is 10.1 Å². The first-order valence-corrected chi connectivity index (χ1v) is 7.90. The minimum atomic E-state index is 0.535. The van der Waals surface area contributed by atoms with E-state index in [0.717, 1.165) is 44.0 Å². The summed E-state index contributed by atoms with van der Waals surface area (Å²) in [6.07, 6.45) is 2.94. The molecule has 5 nitrogen and oxygen atoms in total. The molecule has 0 saturated heterocycles. The van der Waals surface area contributed by atoms with Crippen molar-refractivity contribution in [1.29, 1.82) is 0 Å². The van der Waals surface area contributed by atoms with E-state index in [2.05, 4.69) is 55.1 Å². The zero-order valence-electron chi connectivity index (χ0n) is 14.1. The van der Waals surface area contributed by atoms with Gasteiger partial charge in [0.15, 0.2) is 0 Å². The van der Waals surface area contributed by atoms with E-state index in [1.54, 1.807) is 0 Å². The maximum absolute atomic E-state index is 5.66. The summed E-state index contributed by atoms with van der Waals surface area (Å²) in [6.45, 7) is 9.11. The molecule has 0 fully saturated rings. The Morgan fingerprint density at radius 2 is 2.05 bits per heavy atom. The van der Waals surface area contributed by atoms with Gasteiger partial charge in [0.1, 0.15) is 11.6 Å². The lowest BCUT2D eigenvalue weighted by Crippen LogP contribution is -2.17. The van der Waals surface area contributed by atoms with Gasteiger partial charge in [-0.25, -0.2) is 4.98 Å². The van der Waals surface area contributed by atoms with Gasteiger partial charge in [-0.1, -0.05) is 20.8 Å². The molecule has 1 aromatic rings. The van der Waals surface area contributed by atoms with E-state index in [4.69, 9.17) is 4.74 Å². The van der Waals surface area contributed by atoms with Crippen molar-refractivity contribution in [3.8, 4) is 5.88 Å². The van der Waals surface area contributed by atoms with Crippen LogP contribution in [0.3, 0.4) is 0 Å². The Bertz CT molecular complexity index is 407. The van der Waals surface area contributed by atoms with Gasteiger partial charge in [-0.2, -0.15) is 4.98 Å². The summed E-state index contributed by atoms with van der Waals surface area (Å²) < 4.78 is 5.66. The van der Waals surface area contributed by atoms with Crippen LogP contribution >= 0.6 is 0 Å². The number of nitrogens with zero attached hydrogens (tertiary/aromatic N) is 3. The molecule has 0 aliphatic heterocycles. The van der Waals surface area contributed by atoms with Crippen molar-refractivity contribution < 1.29 is 4.74 Å². The van der Waals surface area contributed by atoms with Gasteiger partial charge in [0.25, 0.3) is 0 Å². The van der Waals surface area contributed by atoms with Crippen molar-refractivity contribution in [2.45, 2.75) is 40.0 Å². The lowest BCUT2D eigenvalue weighted by molar-refractivity contribution is 0.303. The van der Waals surface area contributed by atoms with E-state index in [1.807, 2.05) is 6.07 Å². The highest BCUT2D eigenvalue weighted by Crippen LogP contribution is 2.16. The van der Waals surface area contributed by atoms with Gasteiger partial charge in [-0.05, 0) is 39.4 Å². The molecule has 120 valence electrons. The van der Waals surface area contributed by atoms with Crippen molar-refractivity contribution in [3.63, 3.8) is 0 Å². The van der Waals surface area contributed by atoms with E-state index in [9.17, 15) is 0 Å². The quantitative estimate of drug-likeness (QED) is 0.672. The Kier molecular flexibility index (Phi) is 8.05. The van der Waals surface area contributed by atoms with Crippen molar-refractivity contribution in [2.24, 2.45) is 5.92 Å². The normalized spacial score (nSPS) is 11.2. The summed E-state index contributed by atoms with van der Waals surface area (Å²) in [5, 5.41) is 3.37. The van der Waals surface area contributed by atoms with Crippen molar-refractivity contribution in [1.82, 2.24) is 14.9 Å². The van der Waals surface area contributed by atoms with Gasteiger partial charge in [-0.15, -0.1) is 0 Å². The average Bonchev–Trinajstić information content (AvgIpc) is 2.40. The number of anilines is 1. The molecular formula is C16H30N4O. The summed E-state index contributed by atoms with van der Waals surface area (Å²) >= 11 is 0. The number of nitrogens with one attached hydrogen (secondary N) is 1. The van der Waals surface area contributed by atoms with Crippen molar-refractivity contribution >= 4 is 5.82 Å². The van der Waals surface area contributed by atoms with E-state index in [0.29, 0.717) is 18.4 Å². The molecule has 0 radical (unpaired) electrons. The molecule has 0 bridgehead atoms. The Morgan fingerprint density at radius 1 is 1.29 bits per heavy atom. The second-order valence-corrected chi connectivity index (χ2v) is 6.04. The van der Waals surface area contributed by atoms with Gasteiger partial charge in [0.05, 0.1) is 6.61 Å². The minimum Gasteiger partial charge on any atom is -0.478 e. The minimum absolute atomic E-state index is 0.535. The van der Waals surface area contributed by atoms with Gasteiger partial charge in [0, 0.05) is 19.0 Å². The first kappa shape index (κ1) is 17.7. The van der Waals surface area contributed by atoms with E-state index in [1.165, 1.54) is 0 Å². The third-order valence-corrected chi connectivity index (χ3v) is 2.88. The standard InChI is InChI=1S/C16H30N4O/c1-6-10-21-16-12-14(17-8-7-9-20(4)5)18-15(19-16)11-13(2)3/h12-13H,6-11H2,1-5H3,(H,17,18,19). The number of aromatic nitrogens is 2. The highest BCUT2D eigenvalue weighted by molar-refractivity contribution is 5.38. The number of rotatable bonds is 10. The predicted molar refractivity (Wildman–Crippen MR) is 88.0 cm³/mol. The molecule has 1 rings (SSSR count). The lowest BCUT2D eigenvalue weighted by Gasteiger charge is -2.13. The predicted octanol–water partition coefficient (Wildman–Crippen LogP) is 2.83. The van der Waals surface area contributed by atoms with Gasteiger partial charge >= 0.3 is 0 Å². The van der Waals surface area contributed by atoms with Crippen molar-refractivity contribution in [2.75, 3.05) is 39.1 Å². The molecule has 0 amide bonds. The summed E-state index contributed by atoms with van der Waals surface area (Å²) in [4.78, 5) is 11.3. The van der Waals surface area contributed by atoms with Crippen LogP contribution in [0.1, 0.15) is 39.4 Å². The second kappa shape index (κ2) is 9.55. The molecule has 0 atom stereocenters. The van der Waals surface area contributed by atoms with Crippen LogP contribution in [0.5, 0.6) is 5.88 Å². The Hall–Kier alpha value is -1.36. The zero-order chi connectivity index (χ0) is 15.7. The maximum atomic E-state index is 5.66. The highest BCUT2D eigenvalue weighted by atomic mass is 16.5. The van der Waals surface area contributed by atoms with Crippen LogP contribution in [-0.4, -0.2) is 48.7 Å². The fraction of sp³-hybridized carbons (Fsp3) is 0.750. The first-order valence-electron chi connectivity index (χ1n) is 7.90. The Labute approximate surface area is 129 Å². The molecule has 0 aliphatic rings. The third-order valence-electron chi connectivity index (χ3n) is 2.88. The average molecular weight is 294 g/mol. The Morgan fingerprint density at radius 3 is 2.67 bits per heavy atom. The molecule has 0 spiro atoms.